The van der Waals surface area contributed by atoms with Crippen molar-refractivity contribution in [1.29, 1.82) is 0 Å². The molecular formula is C10H11ClF3NO. The third-order valence-electron chi connectivity index (χ3n) is 2.10. The van der Waals surface area contributed by atoms with E-state index < -0.39 is 17.6 Å². The first-order chi connectivity index (χ1) is 6.88. The summed E-state index contributed by atoms with van der Waals surface area (Å²) in [7, 11) is 0. The van der Waals surface area contributed by atoms with Crippen LogP contribution >= 0.6 is 12.4 Å². The Kier molecular flexibility index (Phi) is 4.81. The molecule has 0 saturated heterocycles. The van der Waals surface area contributed by atoms with Gasteiger partial charge >= 0.3 is 6.18 Å². The lowest BCUT2D eigenvalue weighted by molar-refractivity contribution is -0.138. The zero-order valence-corrected chi connectivity index (χ0v) is 9.28. The summed E-state index contributed by atoms with van der Waals surface area (Å²) in [6.45, 7) is 1.55. The van der Waals surface area contributed by atoms with Crippen molar-refractivity contribution in [3.05, 3.63) is 34.9 Å². The van der Waals surface area contributed by atoms with E-state index in [0.29, 0.717) is 0 Å². The molecule has 2 N–H and O–H groups in total. The molecule has 6 heteroatoms. The van der Waals surface area contributed by atoms with Gasteiger partial charge in [0.25, 0.3) is 0 Å². The number of hydrogen-bond acceptors (Lipinski definition) is 1. The highest BCUT2D eigenvalue weighted by Gasteiger charge is 2.34. The predicted octanol–water partition coefficient (Wildman–Crippen LogP) is 2.79. The molecule has 90 valence electrons. The Morgan fingerprint density at radius 3 is 2.31 bits per heavy atom. The molecular weight excluding hydrogens is 243 g/mol. The number of primary amides is 1. The monoisotopic (exact) mass is 253 g/mol. The van der Waals surface area contributed by atoms with Crippen molar-refractivity contribution < 1.29 is 18.0 Å². The van der Waals surface area contributed by atoms with Crippen molar-refractivity contribution in [2.24, 2.45) is 5.73 Å². The normalized spacial score (nSPS) is 10.8. The van der Waals surface area contributed by atoms with E-state index in [1.807, 2.05) is 0 Å². The number of benzene rings is 1. The number of hydrogen-bond donors (Lipinski definition) is 1. The highest BCUT2D eigenvalue weighted by molar-refractivity contribution is 5.94. The van der Waals surface area contributed by atoms with E-state index in [2.05, 4.69) is 0 Å². The highest BCUT2D eigenvalue weighted by atomic mass is 35.5. The molecule has 0 aromatic heterocycles. The smallest absolute Gasteiger partial charge is 0.366 e. The van der Waals surface area contributed by atoms with Crippen molar-refractivity contribution in [2.75, 3.05) is 0 Å². The van der Waals surface area contributed by atoms with Gasteiger partial charge in [-0.1, -0.05) is 13.0 Å². The zero-order valence-electron chi connectivity index (χ0n) is 8.47. The lowest BCUT2D eigenvalue weighted by Crippen LogP contribution is -2.17. The molecule has 0 radical (unpaired) electrons. The summed E-state index contributed by atoms with van der Waals surface area (Å²) in [6.07, 6.45) is -4.33. The SMILES string of the molecule is CCc1c(C(N)=O)cccc1C(F)(F)F.Cl. The topological polar surface area (TPSA) is 43.1 Å². The number of carbonyl (C=O) groups excluding carboxylic acids is 1. The minimum atomic E-state index is -4.45. The number of amides is 1. The summed E-state index contributed by atoms with van der Waals surface area (Å²) in [4.78, 5) is 10.9. The van der Waals surface area contributed by atoms with E-state index in [1.54, 1.807) is 6.92 Å². The predicted molar refractivity (Wildman–Crippen MR) is 56.6 cm³/mol. The summed E-state index contributed by atoms with van der Waals surface area (Å²) >= 11 is 0. The summed E-state index contributed by atoms with van der Waals surface area (Å²) < 4.78 is 37.6. The maximum atomic E-state index is 12.5. The van der Waals surface area contributed by atoms with Gasteiger partial charge < -0.3 is 5.73 Å². The lowest BCUT2D eigenvalue weighted by atomic mass is 9.98. The molecule has 0 bridgehead atoms. The van der Waals surface area contributed by atoms with Crippen LogP contribution in [0.25, 0.3) is 0 Å². The molecule has 1 rings (SSSR count). The first kappa shape index (κ1) is 14.8. The van der Waals surface area contributed by atoms with E-state index in [9.17, 15) is 18.0 Å². The van der Waals surface area contributed by atoms with Crippen LogP contribution < -0.4 is 5.73 Å². The first-order valence-electron chi connectivity index (χ1n) is 4.36. The fourth-order valence-corrected chi connectivity index (χ4v) is 1.46. The quantitative estimate of drug-likeness (QED) is 0.865. The molecule has 1 aromatic carbocycles. The summed E-state index contributed by atoms with van der Waals surface area (Å²) in [6, 6.07) is 3.43. The molecule has 0 aliphatic carbocycles. The van der Waals surface area contributed by atoms with Gasteiger partial charge in [-0.15, -0.1) is 12.4 Å². The van der Waals surface area contributed by atoms with E-state index in [4.69, 9.17) is 5.73 Å². The second-order valence-electron chi connectivity index (χ2n) is 3.05. The van der Waals surface area contributed by atoms with Crippen molar-refractivity contribution >= 4 is 18.3 Å². The van der Waals surface area contributed by atoms with Crippen LogP contribution in [0.5, 0.6) is 0 Å². The summed E-state index contributed by atoms with van der Waals surface area (Å²) in [5.74, 6) is -0.835. The molecule has 2 nitrogen and oxygen atoms in total. The largest absolute Gasteiger partial charge is 0.416 e. The van der Waals surface area contributed by atoms with E-state index in [1.165, 1.54) is 12.1 Å². The maximum Gasteiger partial charge on any atom is 0.416 e. The molecule has 1 amide bonds. The van der Waals surface area contributed by atoms with E-state index >= 15 is 0 Å². The van der Waals surface area contributed by atoms with Gasteiger partial charge in [0.1, 0.15) is 0 Å². The van der Waals surface area contributed by atoms with Crippen LogP contribution in [0.1, 0.15) is 28.4 Å². The van der Waals surface area contributed by atoms with E-state index in [0.717, 1.165) is 6.07 Å². The fraction of sp³-hybridized carbons (Fsp3) is 0.300. The molecule has 0 saturated carbocycles. The number of alkyl halides is 3. The Balaban J connectivity index is 0.00000225. The number of rotatable bonds is 2. The maximum absolute atomic E-state index is 12.5. The second kappa shape index (κ2) is 5.21. The molecule has 0 heterocycles. The first-order valence-corrected chi connectivity index (χ1v) is 4.36. The van der Waals surface area contributed by atoms with Crippen LogP contribution in [0.2, 0.25) is 0 Å². The molecule has 0 aliphatic heterocycles. The van der Waals surface area contributed by atoms with Gasteiger partial charge in [0.05, 0.1) is 5.56 Å². The summed E-state index contributed by atoms with van der Waals surface area (Å²) in [5, 5.41) is 0. The number of halogens is 4. The van der Waals surface area contributed by atoms with Crippen LogP contribution in [-0.2, 0) is 12.6 Å². The molecule has 0 spiro atoms. The van der Waals surface area contributed by atoms with Gasteiger partial charge in [-0.25, -0.2) is 0 Å². The third-order valence-corrected chi connectivity index (χ3v) is 2.10. The summed E-state index contributed by atoms with van der Waals surface area (Å²) in [5.41, 5.74) is 4.10. The van der Waals surface area contributed by atoms with Crippen LogP contribution in [0.15, 0.2) is 18.2 Å². The molecule has 0 unspecified atom stereocenters. The Labute approximate surface area is 97.0 Å². The molecule has 0 atom stereocenters. The van der Waals surface area contributed by atoms with Crippen LogP contribution in [0.3, 0.4) is 0 Å². The van der Waals surface area contributed by atoms with Gasteiger partial charge in [0.15, 0.2) is 0 Å². The van der Waals surface area contributed by atoms with Crippen LogP contribution in [-0.4, -0.2) is 5.91 Å². The number of carbonyl (C=O) groups is 1. The fourth-order valence-electron chi connectivity index (χ4n) is 1.46. The Hall–Kier alpha value is -1.23. The van der Waals surface area contributed by atoms with Crippen LogP contribution in [0.4, 0.5) is 13.2 Å². The Morgan fingerprint density at radius 2 is 1.94 bits per heavy atom. The second-order valence-corrected chi connectivity index (χ2v) is 3.05. The van der Waals surface area contributed by atoms with Gasteiger partial charge in [-0.3, -0.25) is 4.79 Å². The van der Waals surface area contributed by atoms with Gasteiger partial charge in [-0.05, 0) is 24.1 Å². The minimum absolute atomic E-state index is 0. The molecule has 0 fully saturated rings. The molecule has 0 aliphatic rings. The van der Waals surface area contributed by atoms with Gasteiger partial charge in [0, 0.05) is 5.56 Å². The van der Waals surface area contributed by atoms with Crippen molar-refractivity contribution in [3.63, 3.8) is 0 Å². The zero-order chi connectivity index (χ0) is 11.6. The van der Waals surface area contributed by atoms with Gasteiger partial charge in [0.2, 0.25) is 5.91 Å². The van der Waals surface area contributed by atoms with E-state index in [-0.39, 0.29) is 30.0 Å². The average molecular weight is 254 g/mol. The Morgan fingerprint density at radius 1 is 1.38 bits per heavy atom. The van der Waals surface area contributed by atoms with Crippen molar-refractivity contribution in [1.82, 2.24) is 0 Å². The van der Waals surface area contributed by atoms with Crippen molar-refractivity contribution in [2.45, 2.75) is 19.5 Å². The van der Waals surface area contributed by atoms with Crippen molar-refractivity contribution in [3.8, 4) is 0 Å². The highest BCUT2D eigenvalue weighted by Crippen LogP contribution is 2.33. The lowest BCUT2D eigenvalue weighted by Gasteiger charge is -2.13. The third kappa shape index (κ3) is 2.88. The minimum Gasteiger partial charge on any atom is -0.366 e. The number of nitrogens with two attached hydrogens (primary N) is 1. The standard InChI is InChI=1S/C10H10F3NO.ClH/c1-2-6-7(9(14)15)4-3-5-8(6)10(11,12)13;/h3-5H,2H2,1H3,(H2,14,15);1H. The average Bonchev–Trinajstić information content (AvgIpc) is 2.15. The van der Waals surface area contributed by atoms with Gasteiger partial charge in [-0.2, -0.15) is 13.2 Å². The molecule has 1 aromatic rings. The van der Waals surface area contributed by atoms with Crippen LogP contribution in [0, 0.1) is 0 Å². The molecule has 16 heavy (non-hydrogen) atoms. The Bertz CT molecular complexity index is 390.